The number of benzene rings is 1. The van der Waals surface area contributed by atoms with Crippen molar-refractivity contribution in [1.82, 2.24) is 4.90 Å². The van der Waals surface area contributed by atoms with E-state index in [9.17, 15) is 14.4 Å². The van der Waals surface area contributed by atoms with Crippen LogP contribution in [0.3, 0.4) is 0 Å². The molecule has 212 valence electrons. The summed E-state index contributed by atoms with van der Waals surface area (Å²) in [4.78, 5) is 40.6. The fourth-order valence-corrected chi connectivity index (χ4v) is 3.87. The third-order valence-corrected chi connectivity index (χ3v) is 5.42. The van der Waals surface area contributed by atoms with E-state index in [1.807, 2.05) is 37.3 Å². The van der Waals surface area contributed by atoms with E-state index in [0.717, 1.165) is 10.5 Å². The van der Waals surface area contributed by atoms with E-state index in [4.69, 9.17) is 23.7 Å². The number of amides is 2. The minimum atomic E-state index is -1.25. The number of esters is 1. The zero-order valence-electron chi connectivity index (χ0n) is 23.9. The van der Waals surface area contributed by atoms with Gasteiger partial charge in [-0.2, -0.15) is 4.90 Å². The number of rotatable bonds is 6. The fraction of sp³-hybridized carbons (Fsp3) is 0.621. The number of nitrogens with zero attached hydrogens (tertiary/aromatic N) is 1. The van der Waals surface area contributed by atoms with Gasteiger partial charge in [-0.1, -0.05) is 30.4 Å². The molecule has 9 nitrogen and oxygen atoms in total. The second-order valence-corrected chi connectivity index (χ2v) is 11.6. The predicted octanol–water partition coefficient (Wildman–Crippen LogP) is 6.05. The molecule has 1 aliphatic heterocycles. The second-order valence-electron chi connectivity index (χ2n) is 11.6. The summed E-state index contributed by atoms with van der Waals surface area (Å²) < 4.78 is 29.2. The van der Waals surface area contributed by atoms with Gasteiger partial charge in [-0.25, -0.2) is 14.4 Å². The number of para-hydroxylation sites is 1. The molecule has 0 N–H and O–H groups in total. The summed E-state index contributed by atoms with van der Waals surface area (Å²) in [5.41, 5.74) is -0.960. The van der Waals surface area contributed by atoms with Crippen molar-refractivity contribution in [3.05, 3.63) is 42.5 Å². The summed E-state index contributed by atoms with van der Waals surface area (Å²) in [5.74, 6) is -0.152. The molecule has 0 aliphatic carbocycles. The zero-order chi connectivity index (χ0) is 28.7. The molecule has 1 heterocycles. The molecule has 1 fully saturated rings. The SMILES string of the molecule is C=C(C)COC1CCCC(N(C(=O)OC(C)(C)C)C(=O)OC(C)(C)C)C(=O)OC(C)C1Oc1ccccc1. The van der Waals surface area contributed by atoms with Crippen LogP contribution in [0.1, 0.15) is 74.7 Å². The fourth-order valence-electron chi connectivity index (χ4n) is 3.87. The molecule has 1 aromatic rings. The topological polar surface area (TPSA) is 101 Å². The van der Waals surface area contributed by atoms with Gasteiger partial charge in [-0.05, 0) is 86.8 Å². The average Bonchev–Trinajstić information content (AvgIpc) is 2.81. The highest BCUT2D eigenvalue weighted by Gasteiger charge is 2.44. The highest BCUT2D eigenvalue weighted by molar-refractivity contribution is 5.94. The molecule has 0 saturated carbocycles. The van der Waals surface area contributed by atoms with Crippen LogP contribution in [0, 0.1) is 0 Å². The van der Waals surface area contributed by atoms with Crippen LogP contribution in [0.5, 0.6) is 5.75 Å². The van der Waals surface area contributed by atoms with E-state index < -0.39 is 53.7 Å². The maximum Gasteiger partial charge on any atom is 0.420 e. The largest absolute Gasteiger partial charge is 0.484 e. The van der Waals surface area contributed by atoms with Gasteiger partial charge in [0.05, 0.1) is 12.7 Å². The lowest BCUT2D eigenvalue weighted by molar-refractivity contribution is -0.162. The summed E-state index contributed by atoms with van der Waals surface area (Å²) >= 11 is 0. The number of carbonyl (C=O) groups excluding carboxylic acids is 3. The van der Waals surface area contributed by atoms with Crippen molar-refractivity contribution < 1.29 is 38.1 Å². The smallest absolute Gasteiger partial charge is 0.420 e. The van der Waals surface area contributed by atoms with Crippen molar-refractivity contribution in [3.8, 4) is 5.75 Å². The van der Waals surface area contributed by atoms with Crippen molar-refractivity contribution in [2.24, 2.45) is 0 Å². The molecule has 2 amide bonds. The Bertz CT molecular complexity index is 935. The van der Waals surface area contributed by atoms with Crippen LogP contribution < -0.4 is 4.74 Å². The molecule has 2 rings (SSSR count). The maximum absolute atomic E-state index is 13.5. The molecule has 1 aromatic carbocycles. The Morgan fingerprint density at radius 1 is 1.00 bits per heavy atom. The van der Waals surface area contributed by atoms with Crippen molar-refractivity contribution >= 4 is 18.2 Å². The number of cyclic esters (lactones) is 1. The standard InChI is InChI=1S/C29H43NO8/c1-19(2)18-34-23-17-13-16-22(25(31)35-20(3)24(23)36-21-14-11-10-12-15-21)30(26(32)37-28(4,5)6)27(33)38-29(7,8)9/h10-12,14-15,20,22-24H,1,13,16-18H2,2-9H3. The van der Waals surface area contributed by atoms with Crippen LogP contribution in [0.25, 0.3) is 0 Å². The molecular formula is C29H43NO8. The first-order valence-electron chi connectivity index (χ1n) is 13.0. The van der Waals surface area contributed by atoms with Crippen LogP contribution in [0.4, 0.5) is 9.59 Å². The number of imide groups is 1. The third-order valence-electron chi connectivity index (χ3n) is 5.42. The number of hydrogen-bond acceptors (Lipinski definition) is 8. The summed E-state index contributed by atoms with van der Waals surface area (Å²) in [6.07, 6.45) is -2.75. The molecule has 0 aromatic heterocycles. The molecule has 4 atom stereocenters. The van der Waals surface area contributed by atoms with E-state index in [1.54, 1.807) is 48.5 Å². The minimum Gasteiger partial charge on any atom is -0.484 e. The van der Waals surface area contributed by atoms with Crippen LogP contribution in [0.15, 0.2) is 42.5 Å². The number of hydrogen-bond donors (Lipinski definition) is 0. The highest BCUT2D eigenvalue weighted by atomic mass is 16.6. The van der Waals surface area contributed by atoms with Crippen molar-refractivity contribution in [1.29, 1.82) is 0 Å². The zero-order valence-corrected chi connectivity index (χ0v) is 23.9. The molecule has 1 saturated heterocycles. The number of carbonyl (C=O) groups is 3. The lowest BCUT2D eigenvalue weighted by atomic mass is 10.0. The summed E-state index contributed by atoms with van der Waals surface area (Å²) in [5, 5.41) is 0. The molecule has 9 heteroatoms. The first-order valence-corrected chi connectivity index (χ1v) is 13.0. The Morgan fingerprint density at radius 3 is 2.05 bits per heavy atom. The van der Waals surface area contributed by atoms with E-state index >= 15 is 0 Å². The van der Waals surface area contributed by atoms with Crippen LogP contribution in [0.2, 0.25) is 0 Å². The van der Waals surface area contributed by atoms with Gasteiger partial charge in [0.1, 0.15) is 29.1 Å². The van der Waals surface area contributed by atoms with Crippen LogP contribution >= 0.6 is 0 Å². The van der Waals surface area contributed by atoms with Gasteiger partial charge in [-0.3, -0.25) is 0 Å². The van der Waals surface area contributed by atoms with Gasteiger partial charge in [0.25, 0.3) is 0 Å². The second kappa shape index (κ2) is 13.1. The Balaban J connectivity index is 2.41. The van der Waals surface area contributed by atoms with Gasteiger partial charge in [0.15, 0.2) is 6.10 Å². The molecule has 1 aliphatic rings. The minimum absolute atomic E-state index is 0.134. The van der Waals surface area contributed by atoms with Crippen molar-refractivity contribution in [3.63, 3.8) is 0 Å². The Kier molecular flexibility index (Phi) is 10.8. The molecule has 38 heavy (non-hydrogen) atoms. The lowest BCUT2D eigenvalue weighted by Crippen LogP contribution is -2.53. The van der Waals surface area contributed by atoms with Gasteiger partial charge >= 0.3 is 18.2 Å². The predicted molar refractivity (Wildman–Crippen MR) is 143 cm³/mol. The average molecular weight is 534 g/mol. The van der Waals surface area contributed by atoms with Gasteiger partial charge in [0, 0.05) is 0 Å². The lowest BCUT2D eigenvalue weighted by Gasteiger charge is -2.33. The molecule has 0 bridgehead atoms. The molecule has 4 unspecified atom stereocenters. The summed E-state index contributed by atoms with van der Waals surface area (Å²) in [7, 11) is 0. The monoisotopic (exact) mass is 533 g/mol. The maximum atomic E-state index is 13.5. The molecular weight excluding hydrogens is 490 g/mol. The number of ether oxygens (including phenoxy) is 5. The summed E-state index contributed by atoms with van der Waals surface area (Å²) in [6, 6.07) is 7.95. The van der Waals surface area contributed by atoms with Gasteiger partial charge in [0.2, 0.25) is 0 Å². The quantitative estimate of drug-likeness (QED) is 0.247. The summed E-state index contributed by atoms with van der Waals surface area (Å²) in [6.45, 7) is 17.9. The van der Waals surface area contributed by atoms with Gasteiger partial charge in [-0.15, -0.1) is 0 Å². The van der Waals surface area contributed by atoms with E-state index in [0.29, 0.717) is 25.2 Å². The van der Waals surface area contributed by atoms with E-state index in [2.05, 4.69) is 6.58 Å². The molecule has 0 radical (unpaired) electrons. The molecule has 0 spiro atoms. The van der Waals surface area contributed by atoms with Crippen LogP contribution in [-0.4, -0.2) is 65.2 Å². The van der Waals surface area contributed by atoms with Crippen molar-refractivity contribution in [2.45, 2.75) is 110 Å². The third kappa shape index (κ3) is 10.0. The van der Waals surface area contributed by atoms with E-state index in [-0.39, 0.29) is 6.42 Å². The first-order chi connectivity index (χ1) is 17.6. The normalized spacial score (nSPS) is 22.7. The Morgan fingerprint density at radius 2 is 1.55 bits per heavy atom. The van der Waals surface area contributed by atoms with Crippen LogP contribution in [-0.2, 0) is 23.7 Å². The van der Waals surface area contributed by atoms with Gasteiger partial charge < -0.3 is 23.7 Å². The Labute approximate surface area is 226 Å². The van der Waals surface area contributed by atoms with Crippen molar-refractivity contribution in [2.75, 3.05) is 6.61 Å². The van der Waals surface area contributed by atoms with E-state index in [1.165, 1.54) is 0 Å². The Hall–Kier alpha value is -3.07. The first kappa shape index (κ1) is 31.1. The highest BCUT2D eigenvalue weighted by Crippen LogP contribution is 2.27.